The van der Waals surface area contributed by atoms with E-state index in [4.69, 9.17) is 23.5 Å². The van der Waals surface area contributed by atoms with Gasteiger partial charge in [0.05, 0.1) is 24.7 Å². The van der Waals surface area contributed by atoms with Gasteiger partial charge in [0.25, 0.3) is 26.0 Å². The van der Waals surface area contributed by atoms with E-state index in [0.717, 1.165) is 18.9 Å². The second-order valence-electron chi connectivity index (χ2n) is 14.6. The van der Waals surface area contributed by atoms with Gasteiger partial charge in [-0.2, -0.15) is 16.8 Å². The molecule has 1 N–H and O–H groups in total. The lowest BCUT2D eigenvalue weighted by Gasteiger charge is -2.38. The Morgan fingerprint density at radius 2 is 1.59 bits per heavy atom. The highest BCUT2D eigenvalue weighted by molar-refractivity contribution is 7.98. The van der Waals surface area contributed by atoms with Crippen LogP contribution in [0.5, 0.6) is 11.5 Å². The number of esters is 1. The number of hydrogen-bond acceptors (Lipinski definition) is 14. The van der Waals surface area contributed by atoms with Crippen LogP contribution in [0.1, 0.15) is 84.8 Å². The van der Waals surface area contributed by atoms with Gasteiger partial charge in [0.1, 0.15) is 23.7 Å². The number of thioether (sulfide) groups is 1. The Balaban J connectivity index is 2.11. The minimum absolute atomic E-state index is 0.0185. The van der Waals surface area contributed by atoms with E-state index in [1.165, 1.54) is 38.3 Å². The maximum absolute atomic E-state index is 13.3. The lowest BCUT2D eigenvalue weighted by Crippen LogP contribution is -2.48. The number of benzene rings is 3. The average molecular weight is 844 g/mol. The molecule has 0 aliphatic rings. The molecule has 2 atom stereocenters. The van der Waals surface area contributed by atoms with Crippen LogP contribution >= 0.6 is 11.8 Å². The molecule has 3 aromatic carbocycles. The minimum Gasteiger partial charge on any atom is -0.543 e. The fourth-order valence-corrected chi connectivity index (χ4v) is 7.79. The number of aromatic carboxylic acids is 1. The number of carbonyl (C=O) groups is 4. The molecule has 1 amide bonds. The van der Waals surface area contributed by atoms with Crippen molar-refractivity contribution < 1.29 is 57.6 Å². The maximum atomic E-state index is 13.3. The number of non-ortho nitro benzene ring substituents is 1. The van der Waals surface area contributed by atoms with E-state index in [2.05, 4.69) is 0 Å². The topological polar surface area (TPSA) is 224 Å². The molecule has 0 radical (unpaired) electrons. The van der Waals surface area contributed by atoms with Crippen molar-refractivity contribution in [3.63, 3.8) is 0 Å². The Labute approximate surface area is 341 Å². The Hall–Kier alpha value is -5.69. The first-order chi connectivity index (χ1) is 27.2. The molecule has 0 aromatic heterocycles. The lowest BCUT2D eigenvalue weighted by atomic mass is 9.90. The summed E-state index contributed by atoms with van der Waals surface area (Å²) in [6.07, 6.45) is -1.20. The number of methoxy groups -OCH3 is 2. The number of nitrogens with zero attached hydrogens (tertiary/aromatic N) is 3. The van der Waals surface area contributed by atoms with Crippen molar-refractivity contribution in [3.05, 3.63) is 108 Å². The summed E-state index contributed by atoms with van der Waals surface area (Å²) in [6, 6.07) is 10.2. The van der Waals surface area contributed by atoms with E-state index in [1.807, 2.05) is 33.9 Å². The highest BCUT2D eigenvalue weighted by Gasteiger charge is 2.44. The summed E-state index contributed by atoms with van der Waals surface area (Å²) < 4.78 is 22.7. The van der Waals surface area contributed by atoms with Crippen LogP contribution in [0.4, 0.5) is 10.5 Å². The van der Waals surface area contributed by atoms with Crippen LogP contribution in [0.15, 0.2) is 54.6 Å². The summed E-state index contributed by atoms with van der Waals surface area (Å²) in [6.45, 7) is 12.6. The summed E-state index contributed by atoms with van der Waals surface area (Å²) in [5.41, 5.74) is 0.470. The molecule has 0 aliphatic heterocycles. The van der Waals surface area contributed by atoms with Crippen molar-refractivity contribution in [2.24, 2.45) is 0 Å². The van der Waals surface area contributed by atoms with Gasteiger partial charge in [0.15, 0.2) is 6.04 Å². The zero-order valence-electron chi connectivity index (χ0n) is 33.9. The number of carboxylic acids is 1. The number of ether oxygens (including phenoxy) is 3. The molecule has 58 heavy (non-hydrogen) atoms. The van der Waals surface area contributed by atoms with Gasteiger partial charge in [0, 0.05) is 51.7 Å². The van der Waals surface area contributed by atoms with Gasteiger partial charge in [-0.15, -0.1) is 0 Å². The molecule has 0 aliphatic carbocycles. The molecule has 0 saturated carbocycles. The van der Waals surface area contributed by atoms with Crippen molar-refractivity contribution in [2.45, 2.75) is 90.0 Å². The molecular weight excluding hydrogens is 795 g/mol. The second-order valence-corrected chi connectivity index (χ2v) is 20.4. The third-order valence-corrected chi connectivity index (χ3v) is 15.0. The van der Waals surface area contributed by atoms with E-state index < -0.39 is 54.2 Å². The second kappa shape index (κ2) is 20.1. The van der Waals surface area contributed by atoms with Crippen LogP contribution in [0.25, 0.3) is 0 Å². The SMILES string of the molecule is CCCC(=O)N(OC(=O)OCc1ccc([N+](=O)[O-])cc1)[C@@H](CSCc1c(OC)c([C@H](c2ccccc2)[N+](=O)[O-])c(O[Si](C)(C)C(C)(C)C)c(C)c1C(=O)O)C(=O)OC. The molecule has 314 valence electrons. The summed E-state index contributed by atoms with van der Waals surface area (Å²) in [4.78, 5) is 80.7. The first-order valence-electron chi connectivity index (χ1n) is 18.1. The zero-order valence-corrected chi connectivity index (χ0v) is 35.7. The van der Waals surface area contributed by atoms with E-state index in [1.54, 1.807) is 37.3 Å². The van der Waals surface area contributed by atoms with Gasteiger partial charge in [-0.05, 0) is 49.2 Å². The maximum Gasteiger partial charge on any atom is 0.533 e. The smallest absolute Gasteiger partial charge is 0.533 e. The molecule has 0 fully saturated rings. The summed E-state index contributed by atoms with van der Waals surface area (Å²) in [5, 5.41) is 34.8. The Kier molecular flexibility index (Phi) is 16.2. The number of amides is 1. The Bertz CT molecular complexity index is 1990. The normalized spacial score (nSPS) is 12.4. The van der Waals surface area contributed by atoms with Crippen molar-refractivity contribution in [1.29, 1.82) is 0 Å². The van der Waals surface area contributed by atoms with Gasteiger partial charge < -0.3 is 28.6 Å². The molecule has 17 nitrogen and oxygen atoms in total. The highest BCUT2D eigenvalue weighted by Crippen LogP contribution is 2.49. The predicted molar refractivity (Wildman–Crippen MR) is 216 cm³/mol. The molecule has 19 heteroatoms. The van der Waals surface area contributed by atoms with Gasteiger partial charge >= 0.3 is 18.1 Å². The number of hydroxylamine groups is 2. The molecule has 3 aromatic rings. The molecular formula is C39H49N3O14SSi. The quantitative estimate of drug-likeness (QED) is 0.0554. The summed E-state index contributed by atoms with van der Waals surface area (Å²) >= 11 is 0.953. The Morgan fingerprint density at radius 1 is 0.966 bits per heavy atom. The molecule has 0 heterocycles. The number of hydrogen-bond donors (Lipinski definition) is 1. The van der Waals surface area contributed by atoms with Crippen LogP contribution in [0, 0.1) is 27.2 Å². The molecule has 0 spiro atoms. The number of carboxylic acid groups (broad SMARTS) is 1. The number of carbonyl (C=O) groups excluding carboxylic acids is 3. The number of nitro groups is 2. The molecule has 0 unspecified atom stereocenters. The largest absolute Gasteiger partial charge is 0.543 e. The highest BCUT2D eigenvalue weighted by atomic mass is 32.2. The van der Waals surface area contributed by atoms with Crippen LogP contribution < -0.4 is 9.16 Å². The van der Waals surface area contributed by atoms with Crippen molar-refractivity contribution in [1.82, 2.24) is 5.06 Å². The summed E-state index contributed by atoms with van der Waals surface area (Å²) in [7, 11) is -0.438. The third-order valence-electron chi connectivity index (χ3n) is 9.63. The third kappa shape index (κ3) is 11.2. The predicted octanol–water partition coefficient (Wildman–Crippen LogP) is 8.03. The van der Waals surface area contributed by atoms with Crippen molar-refractivity contribution in [2.75, 3.05) is 20.0 Å². The Morgan fingerprint density at radius 3 is 2.09 bits per heavy atom. The van der Waals surface area contributed by atoms with Crippen LogP contribution in [0.2, 0.25) is 18.1 Å². The fourth-order valence-electron chi connectivity index (χ4n) is 5.61. The van der Waals surface area contributed by atoms with Crippen molar-refractivity contribution >= 4 is 49.8 Å². The van der Waals surface area contributed by atoms with Gasteiger partial charge in [0.2, 0.25) is 0 Å². The van der Waals surface area contributed by atoms with Gasteiger partial charge in [-0.25, -0.2) is 14.4 Å². The first kappa shape index (κ1) is 46.7. The van der Waals surface area contributed by atoms with E-state index in [0.29, 0.717) is 22.6 Å². The van der Waals surface area contributed by atoms with Crippen LogP contribution in [-0.2, 0) is 36.3 Å². The summed E-state index contributed by atoms with van der Waals surface area (Å²) in [5.74, 6) is -3.70. The van der Waals surface area contributed by atoms with Crippen LogP contribution in [-0.4, -0.2) is 78.3 Å². The lowest BCUT2D eigenvalue weighted by molar-refractivity contribution is -0.517. The van der Waals surface area contributed by atoms with Gasteiger partial charge in [-0.1, -0.05) is 58.0 Å². The molecule has 0 bridgehead atoms. The molecule has 3 rings (SSSR count). The van der Waals surface area contributed by atoms with E-state index in [9.17, 15) is 44.5 Å². The van der Waals surface area contributed by atoms with E-state index >= 15 is 0 Å². The van der Waals surface area contributed by atoms with Gasteiger partial charge in [-0.3, -0.25) is 25.0 Å². The standard InChI is InChI=1S/C39H49N3O14SSi/c1-10-14-30(43)40(55-38(47)54-21-25-17-19-27(20-18-25)41(48)49)29(37(46)53-7)23-57-22-28-31(36(44)45)24(2)34(56-58(8,9)39(3,4)5)32(35(28)52-6)33(42(50)51)26-15-12-11-13-16-26/h11-13,15-20,29,33H,10,14,21-23H2,1-9H3,(H,44,45)/t29-,33-/m0/s1. The minimum atomic E-state index is -2.78. The monoisotopic (exact) mass is 843 g/mol. The first-order valence-corrected chi connectivity index (χ1v) is 22.2. The molecule has 0 saturated heterocycles. The number of rotatable bonds is 18. The van der Waals surface area contributed by atoms with Crippen LogP contribution in [0.3, 0.4) is 0 Å². The fraction of sp³-hybridized carbons (Fsp3) is 0.436. The van der Waals surface area contributed by atoms with Crippen molar-refractivity contribution in [3.8, 4) is 11.5 Å². The average Bonchev–Trinajstić information content (AvgIpc) is 3.16. The zero-order chi connectivity index (χ0) is 43.5. The van der Waals surface area contributed by atoms with E-state index in [-0.39, 0.29) is 69.0 Å². The number of nitro benzene ring substituents is 1.